The quantitative estimate of drug-likeness (QED) is 0.583. The summed E-state index contributed by atoms with van der Waals surface area (Å²) >= 11 is 0. The third-order valence-electron chi connectivity index (χ3n) is 6.64. The summed E-state index contributed by atoms with van der Waals surface area (Å²) in [6.45, 7) is 15.0. The first kappa shape index (κ1) is 23.9. The minimum absolute atomic E-state index is 0.145. The number of amides is 1. The molecule has 1 N–H and O–H groups in total. The largest absolute Gasteiger partial charge is 0.496 e. The van der Waals surface area contributed by atoms with Gasteiger partial charge >= 0.3 is 0 Å². The number of nitrogens with zero attached hydrogens (tertiary/aromatic N) is 1. The number of benzene rings is 2. The van der Waals surface area contributed by atoms with Gasteiger partial charge in [0.05, 0.1) is 7.11 Å². The summed E-state index contributed by atoms with van der Waals surface area (Å²) in [5, 5.41) is 2.98. The lowest BCUT2D eigenvalue weighted by Gasteiger charge is -2.31. The van der Waals surface area contributed by atoms with Crippen molar-refractivity contribution >= 4 is 17.3 Å². The Balaban J connectivity index is 0.000000182. The van der Waals surface area contributed by atoms with E-state index < -0.39 is 0 Å². The highest BCUT2D eigenvalue weighted by Gasteiger charge is 2.22. The van der Waals surface area contributed by atoms with Crippen LogP contribution in [0.1, 0.15) is 80.2 Å². The summed E-state index contributed by atoms with van der Waals surface area (Å²) in [4.78, 5) is 13.5. The van der Waals surface area contributed by atoms with Crippen molar-refractivity contribution in [2.24, 2.45) is 0 Å². The van der Waals surface area contributed by atoms with Gasteiger partial charge in [-0.15, -0.1) is 0 Å². The van der Waals surface area contributed by atoms with E-state index in [1.165, 1.54) is 39.2 Å². The number of hydrogen-bond acceptors (Lipinski definition) is 3. The number of rotatable bonds is 3. The van der Waals surface area contributed by atoms with E-state index in [-0.39, 0.29) is 5.91 Å². The molecule has 2 aromatic carbocycles. The lowest BCUT2D eigenvalue weighted by molar-refractivity contribution is -0.116. The summed E-state index contributed by atoms with van der Waals surface area (Å²) in [6.07, 6.45) is 3.55. The number of anilines is 2. The fourth-order valence-corrected chi connectivity index (χ4v) is 4.53. The molecular formula is C28H38N2O2. The first-order valence-corrected chi connectivity index (χ1v) is 11.7. The van der Waals surface area contributed by atoms with E-state index in [1.54, 1.807) is 7.11 Å². The molecule has 0 fully saturated rings. The smallest absolute Gasteiger partial charge is 0.224 e. The predicted octanol–water partition coefficient (Wildman–Crippen LogP) is 6.72. The molecule has 0 radical (unpaired) electrons. The van der Waals surface area contributed by atoms with Crippen LogP contribution >= 0.6 is 0 Å². The molecule has 0 saturated heterocycles. The van der Waals surface area contributed by atoms with Gasteiger partial charge in [-0.2, -0.15) is 0 Å². The number of aryl methyl sites for hydroxylation is 1. The van der Waals surface area contributed by atoms with Gasteiger partial charge in [0, 0.05) is 36.1 Å². The normalized spacial score (nSPS) is 15.1. The van der Waals surface area contributed by atoms with Gasteiger partial charge in [-0.05, 0) is 72.4 Å². The number of carbonyl (C=O) groups is 1. The van der Waals surface area contributed by atoms with Crippen molar-refractivity contribution in [2.45, 2.75) is 72.1 Å². The summed E-state index contributed by atoms with van der Waals surface area (Å²) in [7, 11) is 3.84. The fourth-order valence-electron chi connectivity index (χ4n) is 4.53. The molecule has 0 atom stereocenters. The van der Waals surface area contributed by atoms with Crippen LogP contribution in [-0.4, -0.2) is 20.1 Å². The zero-order chi connectivity index (χ0) is 23.6. The average Bonchev–Trinajstić information content (AvgIpc) is 2.76. The van der Waals surface area contributed by atoms with Crippen LogP contribution in [0.4, 0.5) is 11.4 Å². The van der Waals surface area contributed by atoms with Crippen LogP contribution in [0.25, 0.3) is 0 Å². The van der Waals surface area contributed by atoms with E-state index in [0.717, 1.165) is 30.7 Å². The van der Waals surface area contributed by atoms with Crippen LogP contribution in [-0.2, 0) is 17.6 Å². The Hall–Kier alpha value is -2.75. The standard InChI is InChI=1S/C15H21NO.C13H17NO/c1-10(2)12-8-14-13(15(9-12)17-5)7-6-11(3)16(14)4;1-8(2)10-5-4-9(3)13-11(10)6-7-12(15)14-13/h8-10H,3,6-7H2,1-2,4-5H3;4-5,8H,6-7H2,1-3H3,(H,14,15). The second-order valence-corrected chi connectivity index (χ2v) is 9.53. The number of carbonyl (C=O) groups excluding carboxylic acids is 1. The van der Waals surface area contributed by atoms with E-state index >= 15 is 0 Å². The second kappa shape index (κ2) is 9.81. The number of allylic oxidation sites excluding steroid dienone is 1. The molecule has 2 heterocycles. The van der Waals surface area contributed by atoms with E-state index in [1.807, 2.05) is 0 Å². The maximum absolute atomic E-state index is 11.3. The molecule has 0 aliphatic carbocycles. The molecule has 0 saturated carbocycles. The molecule has 1 amide bonds. The molecule has 32 heavy (non-hydrogen) atoms. The maximum atomic E-state index is 11.3. The van der Waals surface area contributed by atoms with Crippen molar-refractivity contribution < 1.29 is 9.53 Å². The molecule has 0 bridgehead atoms. The maximum Gasteiger partial charge on any atom is 0.224 e. The molecule has 4 heteroatoms. The first-order chi connectivity index (χ1) is 15.1. The molecule has 0 unspecified atom stereocenters. The average molecular weight is 435 g/mol. The number of nitrogens with one attached hydrogen (secondary N) is 1. The number of ether oxygens (including phenoxy) is 1. The molecule has 4 nitrogen and oxygen atoms in total. The van der Waals surface area contributed by atoms with E-state index in [2.05, 4.69) is 82.7 Å². The molecule has 172 valence electrons. The second-order valence-electron chi connectivity index (χ2n) is 9.53. The van der Waals surface area contributed by atoms with Gasteiger partial charge < -0.3 is 15.0 Å². The van der Waals surface area contributed by atoms with Crippen LogP contribution in [0.5, 0.6) is 5.75 Å². The van der Waals surface area contributed by atoms with Crippen molar-refractivity contribution in [2.75, 3.05) is 24.4 Å². The van der Waals surface area contributed by atoms with Crippen molar-refractivity contribution in [1.82, 2.24) is 0 Å². The van der Waals surface area contributed by atoms with Gasteiger partial charge in [0.15, 0.2) is 0 Å². The van der Waals surface area contributed by atoms with Crippen LogP contribution < -0.4 is 15.0 Å². The van der Waals surface area contributed by atoms with Crippen molar-refractivity contribution in [3.8, 4) is 5.75 Å². The minimum Gasteiger partial charge on any atom is -0.496 e. The molecule has 2 aliphatic rings. The Bertz CT molecular complexity index is 1020. The van der Waals surface area contributed by atoms with E-state index in [4.69, 9.17) is 4.74 Å². The predicted molar refractivity (Wildman–Crippen MR) is 135 cm³/mol. The summed E-state index contributed by atoms with van der Waals surface area (Å²) in [5.41, 5.74) is 10.00. The Morgan fingerprint density at radius 3 is 2.31 bits per heavy atom. The van der Waals surface area contributed by atoms with Gasteiger partial charge in [-0.3, -0.25) is 4.79 Å². The Morgan fingerprint density at radius 1 is 1.00 bits per heavy atom. The van der Waals surface area contributed by atoms with E-state index in [9.17, 15) is 4.79 Å². The number of hydrogen-bond donors (Lipinski definition) is 1. The molecule has 4 rings (SSSR count). The number of methoxy groups -OCH3 is 1. The summed E-state index contributed by atoms with van der Waals surface area (Å²) in [5.74, 6) is 2.20. The zero-order valence-corrected chi connectivity index (χ0v) is 20.8. The Morgan fingerprint density at radius 2 is 1.69 bits per heavy atom. The third kappa shape index (κ3) is 4.85. The van der Waals surface area contributed by atoms with Gasteiger partial charge in [0.25, 0.3) is 0 Å². The Labute approximate surface area is 193 Å². The fraction of sp³-hybridized carbons (Fsp3) is 0.464. The van der Waals surface area contributed by atoms with Crippen molar-refractivity contribution in [1.29, 1.82) is 0 Å². The van der Waals surface area contributed by atoms with Crippen LogP contribution in [0.15, 0.2) is 36.5 Å². The summed E-state index contributed by atoms with van der Waals surface area (Å²) in [6, 6.07) is 8.73. The van der Waals surface area contributed by atoms with Gasteiger partial charge in [-0.25, -0.2) is 0 Å². The van der Waals surface area contributed by atoms with Crippen LogP contribution in [0.2, 0.25) is 0 Å². The summed E-state index contributed by atoms with van der Waals surface area (Å²) < 4.78 is 5.53. The molecule has 0 aromatic heterocycles. The highest BCUT2D eigenvalue weighted by atomic mass is 16.5. The lowest BCUT2D eigenvalue weighted by atomic mass is 9.89. The van der Waals surface area contributed by atoms with Gasteiger partial charge in [0.2, 0.25) is 5.91 Å². The minimum atomic E-state index is 0.145. The molecular weight excluding hydrogens is 396 g/mol. The monoisotopic (exact) mass is 434 g/mol. The highest BCUT2D eigenvalue weighted by molar-refractivity contribution is 5.95. The first-order valence-electron chi connectivity index (χ1n) is 11.7. The zero-order valence-electron chi connectivity index (χ0n) is 20.8. The lowest BCUT2D eigenvalue weighted by Crippen LogP contribution is -2.22. The topological polar surface area (TPSA) is 41.6 Å². The van der Waals surface area contributed by atoms with E-state index in [0.29, 0.717) is 18.3 Å². The molecule has 0 spiro atoms. The Kier molecular flexibility index (Phi) is 7.33. The van der Waals surface area contributed by atoms with Gasteiger partial charge in [-0.1, -0.05) is 46.4 Å². The number of fused-ring (bicyclic) bond motifs is 2. The SMILES string of the molecule is C=C1CCc2c(OC)cc(C(C)C)cc2N1C.Cc1ccc(C(C)C)c2c1NC(=O)CC2. The third-order valence-corrected chi connectivity index (χ3v) is 6.64. The highest BCUT2D eigenvalue weighted by Crippen LogP contribution is 2.39. The van der Waals surface area contributed by atoms with Crippen molar-refractivity contribution in [3.63, 3.8) is 0 Å². The van der Waals surface area contributed by atoms with Crippen LogP contribution in [0, 0.1) is 6.92 Å². The van der Waals surface area contributed by atoms with Crippen molar-refractivity contribution in [3.05, 3.63) is 64.4 Å². The molecule has 2 aliphatic heterocycles. The van der Waals surface area contributed by atoms with Gasteiger partial charge in [0.1, 0.15) is 5.75 Å². The van der Waals surface area contributed by atoms with Crippen LogP contribution in [0.3, 0.4) is 0 Å². The molecule has 2 aromatic rings.